The van der Waals surface area contributed by atoms with E-state index in [0.717, 1.165) is 0 Å². The van der Waals surface area contributed by atoms with Crippen LogP contribution in [0.15, 0.2) is 16.7 Å². The van der Waals surface area contributed by atoms with E-state index in [4.69, 9.17) is 14.3 Å². The van der Waals surface area contributed by atoms with Crippen LogP contribution < -0.4 is 0 Å². The highest BCUT2D eigenvalue weighted by Crippen LogP contribution is 2.13. The molecule has 0 spiro atoms. The largest absolute Gasteiger partial charge is 0.480 e. The molecule has 8 nitrogen and oxygen atoms in total. The summed E-state index contributed by atoms with van der Waals surface area (Å²) in [6.07, 6.45) is 1.56. The van der Waals surface area contributed by atoms with Crippen LogP contribution in [0, 0.1) is 0 Å². The van der Waals surface area contributed by atoms with Crippen LogP contribution in [-0.2, 0) is 16.1 Å². The first-order valence-corrected chi connectivity index (χ1v) is 4.37. The van der Waals surface area contributed by atoms with Gasteiger partial charge in [0, 0.05) is 6.20 Å². The summed E-state index contributed by atoms with van der Waals surface area (Å²) in [5.41, 5.74) is 0.594. The van der Waals surface area contributed by atoms with Crippen LogP contribution in [0.3, 0.4) is 0 Å². The molecular formula is C8H8N4O4. The van der Waals surface area contributed by atoms with Crippen molar-refractivity contribution in [1.29, 1.82) is 0 Å². The van der Waals surface area contributed by atoms with Gasteiger partial charge in [0.15, 0.2) is 0 Å². The van der Waals surface area contributed by atoms with Crippen molar-refractivity contribution in [3.05, 3.63) is 18.2 Å². The smallest absolute Gasteiger partial charge is 0.329 e. The highest BCUT2D eigenvalue weighted by molar-refractivity contribution is 5.67. The van der Waals surface area contributed by atoms with Gasteiger partial charge < -0.3 is 14.3 Å². The topological polar surface area (TPSA) is 114 Å². The molecule has 2 aromatic heterocycles. The molecule has 0 aliphatic carbocycles. The van der Waals surface area contributed by atoms with Crippen LogP contribution in [-0.4, -0.2) is 38.1 Å². The number of carboxylic acids is 1. The van der Waals surface area contributed by atoms with Gasteiger partial charge in [0.1, 0.15) is 18.9 Å². The molecule has 2 N–H and O–H groups in total. The van der Waals surface area contributed by atoms with Crippen LogP contribution in [0.1, 0.15) is 5.89 Å². The molecule has 2 heterocycles. The molecule has 0 aromatic carbocycles. The quantitative estimate of drug-likeness (QED) is 0.737. The van der Waals surface area contributed by atoms with Crippen LogP contribution in [0.4, 0.5) is 0 Å². The van der Waals surface area contributed by atoms with E-state index in [-0.39, 0.29) is 18.4 Å². The van der Waals surface area contributed by atoms with Crippen molar-refractivity contribution in [2.24, 2.45) is 0 Å². The third-order valence-corrected chi connectivity index (χ3v) is 1.65. The second-order valence-electron chi connectivity index (χ2n) is 2.86. The molecule has 0 radical (unpaired) electrons. The normalized spacial score (nSPS) is 10.5. The van der Waals surface area contributed by atoms with Crippen molar-refractivity contribution < 1.29 is 19.1 Å². The molecule has 0 unspecified atom stereocenters. The molecule has 8 heteroatoms. The molecule has 0 fully saturated rings. The van der Waals surface area contributed by atoms with Crippen molar-refractivity contribution >= 4 is 5.97 Å². The number of nitrogens with zero attached hydrogens (tertiary/aromatic N) is 3. The lowest BCUT2D eigenvalue weighted by atomic mass is 10.4. The van der Waals surface area contributed by atoms with E-state index in [1.54, 1.807) is 12.3 Å². The van der Waals surface area contributed by atoms with Gasteiger partial charge in [-0.25, -0.2) is 4.79 Å². The Bertz CT molecular complexity index is 464. The van der Waals surface area contributed by atoms with E-state index < -0.39 is 12.6 Å². The monoisotopic (exact) mass is 224 g/mol. The van der Waals surface area contributed by atoms with E-state index >= 15 is 0 Å². The zero-order valence-corrected chi connectivity index (χ0v) is 8.08. The molecule has 0 saturated carbocycles. The van der Waals surface area contributed by atoms with Gasteiger partial charge in [-0.2, -0.15) is 5.10 Å². The number of aromatic amines is 1. The summed E-state index contributed by atoms with van der Waals surface area (Å²) < 4.78 is 9.99. The number of hydrogen-bond acceptors (Lipinski definition) is 6. The maximum Gasteiger partial charge on any atom is 0.329 e. The zero-order valence-electron chi connectivity index (χ0n) is 8.08. The first kappa shape index (κ1) is 10.3. The molecule has 0 bridgehead atoms. The fraction of sp³-hybridized carbons (Fsp3) is 0.250. The average molecular weight is 224 g/mol. The van der Waals surface area contributed by atoms with Gasteiger partial charge in [-0.05, 0) is 6.07 Å². The Labute approximate surface area is 89.3 Å². The SMILES string of the molecule is O=C(O)COCc1nnc(-c2ccn[nH]2)o1. The Hall–Kier alpha value is -2.22. The van der Waals surface area contributed by atoms with E-state index in [2.05, 4.69) is 20.4 Å². The van der Waals surface area contributed by atoms with Crippen LogP contribution in [0.5, 0.6) is 0 Å². The fourth-order valence-electron chi connectivity index (χ4n) is 1.02. The van der Waals surface area contributed by atoms with Gasteiger partial charge in [0.2, 0.25) is 5.89 Å². The number of H-pyrrole nitrogens is 1. The van der Waals surface area contributed by atoms with Crippen molar-refractivity contribution in [1.82, 2.24) is 20.4 Å². The summed E-state index contributed by atoms with van der Waals surface area (Å²) in [5.74, 6) is -0.550. The number of rotatable bonds is 5. The minimum Gasteiger partial charge on any atom is -0.480 e. The molecule has 84 valence electrons. The second-order valence-corrected chi connectivity index (χ2v) is 2.86. The predicted octanol–water partition coefficient (Wildman–Crippen LogP) is 0.0609. The number of carboxylic acid groups (broad SMARTS) is 1. The molecule has 0 aliphatic rings. The van der Waals surface area contributed by atoms with Crippen molar-refractivity contribution in [2.75, 3.05) is 6.61 Å². The van der Waals surface area contributed by atoms with E-state index in [9.17, 15) is 4.79 Å². The van der Waals surface area contributed by atoms with Crippen LogP contribution in [0.25, 0.3) is 11.6 Å². The highest BCUT2D eigenvalue weighted by Gasteiger charge is 2.09. The van der Waals surface area contributed by atoms with E-state index in [1.165, 1.54) is 0 Å². The molecule has 16 heavy (non-hydrogen) atoms. The molecule has 0 aliphatic heterocycles. The highest BCUT2D eigenvalue weighted by atomic mass is 16.5. The van der Waals surface area contributed by atoms with Gasteiger partial charge in [0.05, 0.1) is 0 Å². The van der Waals surface area contributed by atoms with Gasteiger partial charge in [-0.15, -0.1) is 10.2 Å². The summed E-state index contributed by atoms with van der Waals surface area (Å²) in [6.45, 7) is -0.435. The molecule has 2 rings (SSSR count). The maximum absolute atomic E-state index is 10.2. The molecule has 2 aromatic rings. The minimum atomic E-state index is -1.05. The molecular weight excluding hydrogens is 216 g/mol. The summed E-state index contributed by atoms with van der Waals surface area (Å²) in [4.78, 5) is 10.2. The summed E-state index contributed by atoms with van der Waals surface area (Å²) in [6, 6.07) is 1.68. The minimum absolute atomic E-state index is 0.0343. The Balaban J connectivity index is 1.95. The first-order chi connectivity index (χ1) is 7.75. The fourth-order valence-corrected chi connectivity index (χ4v) is 1.02. The summed E-state index contributed by atoms with van der Waals surface area (Å²) >= 11 is 0. The van der Waals surface area contributed by atoms with Crippen molar-refractivity contribution in [2.45, 2.75) is 6.61 Å². The van der Waals surface area contributed by atoms with Gasteiger partial charge in [-0.3, -0.25) is 5.10 Å². The predicted molar refractivity (Wildman–Crippen MR) is 49.2 cm³/mol. The maximum atomic E-state index is 10.2. The second kappa shape index (κ2) is 4.53. The van der Waals surface area contributed by atoms with E-state index in [0.29, 0.717) is 5.69 Å². The lowest BCUT2D eigenvalue weighted by Gasteiger charge is -1.94. The van der Waals surface area contributed by atoms with Crippen molar-refractivity contribution in [3.63, 3.8) is 0 Å². The van der Waals surface area contributed by atoms with Crippen LogP contribution in [0.2, 0.25) is 0 Å². The average Bonchev–Trinajstić information content (AvgIpc) is 2.85. The Morgan fingerprint density at radius 3 is 3.12 bits per heavy atom. The number of nitrogens with one attached hydrogen (secondary N) is 1. The Morgan fingerprint density at radius 1 is 1.56 bits per heavy atom. The number of carbonyl (C=O) groups is 1. The summed E-state index contributed by atoms with van der Waals surface area (Å²) in [7, 11) is 0. The summed E-state index contributed by atoms with van der Waals surface area (Å²) in [5, 5.41) is 22.2. The third kappa shape index (κ3) is 2.42. The Morgan fingerprint density at radius 2 is 2.44 bits per heavy atom. The van der Waals surface area contributed by atoms with Gasteiger partial charge >= 0.3 is 5.97 Å². The first-order valence-electron chi connectivity index (χ1n) is 4.37. The van der Waals surface area contributed by atoms with E-state index in [1.807, 2.05) is 0 Å². The lowest BCUT2D eigenvalue weighted by molar-refractivity contribution is -0.142. The number of aliphatic carboxylic acids is 1. The number of aromatic nitrogens is 4. The molecule has 0 atom stereocenters. The van der Waals surface area contributed by atoms with Crippen LogP contribution >= 0.6 is 0 Å². The molecule has 0 saturated heterocycles. The number of hydrogen-bond donors (Lipinski definition) is 2. The number of ether oxygens (including phenoxy) is 1. The zero-order chi connectivity index (χ0) is 11.4. The third-order valence-electron chi connectivity index (χ3n) is 1.65. The standard InChI is InChI=1S/C8H8N4O4/c13-7(14)4-15-3-6-11-12-8(16-6)5-1-2-9-10-5/h1-2H,3-4H2,(H,9,10)(H,13,14). The molecule has 0 amide bonds. The van der Waals surface area contributed by atoms with Gasteiger partial charge in [0.25, 0.3) is 5.89 Å². The van der Waals surface area contributed by atoms with Crippen molar-refractivity contribution in [3.8, 4) is 11.6 Å². The lowest BCUT2D eigenvalue weighted by Crippen LogP contribution is -2.06. The Kier molecular flexibility index (Phi) is 2.92. The van der Waals surface area contributed by atoms with Gasteiger partial charge in [-0.1, -0.05) is 0 Å².